The Hall–Kier alpha value is -2.79. The van der Waals surface area contributed by atoms with Crippen molar-refractivity contribution in [2.75, 3.05) is 24.3 Å². The molecule has 0 saturated carbocycles. The zero-order valence-corrected chi connectivity index (χ0v) is 14.4. The molecule has 2 N–H and O–H groups in total. The van der Waals surface area contributed by atoms with Gasteiger partial charge in [0, 0.05) is 53.7 Å². The molecule has 4 rings (SSSR count). The van der Waals surface area contributed by atoms with Crippen molar-refractivity contribution in [3.63, 3.8) is 0 Å². The lowest BCUT2D eigenvalue weighted by atomic mass is 10.2. The summed E-state index contributed by atoms with van der Waals surface area (Å²) < 4.78 is 0. The number of aromatic amines is 1. The van der Waals surface area contributed by atoms with Crippen LogP contribution in [0.25, 0.3) is 22.2 Å². The highest BCUT2D eigenvalue weighted by molar-refractivity contribution is 7.08. The molecule has 0 atom stereocenters. The van der Waals surface area contributed by atoms with Gasteiger partial charge in [-0.05, 0) is 41.8 Å². The molecular formula is C19H18N4S. The minimum atomic E-state index is 0.862. The summed E-state index contributed by atoms with van der Waals surface area (Å²) in [6.07, 6.45) is 1.83. The Morgan fingerprint density at radius 3 is 2.83 bits per heavy atom. The van der Waals surface area contributed by atoms with Gasteiger partial charge < -0.3 is 15.2 Å². The van der Waals surface area contributed by atoms with Crippen molar-refractivity contribution >= 4 is 39.4 Å². The Balaban J connectivity index is 1.73. The number of rotatable bonds is 4. The first kappa shape index (κ1) is 14.8. The lowest BCUT2D eigenvalue weighted by molar-refractivity contribution is 1.13. The molecule has 0 aliphatic carbocycles. The number of H-pyrrole nitrogens is 1. The van der Waals surface area contributed by atoms with E-state index in [4.69, 9.17) is 0 Å². The molecule has 3 aromatic heterocycles. The summed E-state index contributed by atoms with van der Waals surface area (Å²) in [5.41, 5.74) is 5.58. The van der Waals surface area contributed by atoms with Gasteiger partial charge in [0.15, 0.2) is 0 Å². The largest absolute Gasteiger partial charge is 0.378 e. The fourth-order valence-corrected chi connectivity index (χ4v) is 3.38. The molecule has 0 saturated heterocycles. The van der Waals surface area contributed by atoms with Gasteiger partial charge in [0.1, 0.15) is 5.82 Å². The third-order valence-electron chi connectivity index (χ3n) is 4.01. The lowest BCUT2D eigenvalue weighted by Crippen LogP contribution is -2.08. The molecule has 24 heavy (non-hydrogen) atoms. The second-order valence-corrected chi connectivity index (χ2v) is 6.67. The first-order valence-corrected chi connectivity index (χ1v) is 8.70. The van der Waals surface area contributed by atoms with Gasteiger partial charge >= 0.3 is 0 Å². The Morgan fingerprint density at radius 1 is 1.12 bits per heavy atom. The van der Waals surface area contributed by atoms with Crippen LogP contribution in [0, 0.1) is 0 Å². The Bertz CT molecular complexity index is 970. The molecular weight excluding hydrogens is 316 g/mol. The molecule has 0 radical (unpaired) electrons. The van der Waals surface area contributed by atoms with Crippen LogP contribution < -0.4 is 10.2 Å². The van der Waals surface area contributed by atoms with E-state index in [0.29, 0.717) is 0 Å². The Kier molecular flexibility index (Phi) is 3.70. The summed E-state index contributed by atoms with van der Waals surface area (Å²) in [6.45, 7) is 0. The van der Waals surface area contributed by atoms with Crippen LogP contribution in [0.4, 0.5) is 17.2 Å². The number of aromatic nitrogens is 2. The van der Waals surface area contributed by atoms with Crippen molar-refractivity contribution in [2.24, 2.45) is 0 Å². The topological polar surface area (TPSA) is 44.0 Å². The molecule has 0 aliphatic rings. The zero-order valence-electron chi connectivity index (χ0n) is 13.6. The van der Waals surface area contributed by atoms with Gasteiger partial charge in [-0.3, -0.25) is 0 Å². The number of thiophene rings is 1. The Labute approximate surface area is 144 Å². The second-order valence-electron chi connectivity index (χ2n) is 5.89. The average molecular weight is 334 g/mol. The quantitative estimate of drug-likeness (QED) is 0.545. The number of nitrogens with zero attached hydrogens (tertiary/aromatic N) is 2. The van der Waals surface area contributed by atoms with Crippen LogP contribution in [0.2, 0.25) is 0 Å². The zero-order chi connectivity index (χ0) is 16.5. The summed E-state index contributed by atoms with van der Waals surface area (Å²) in [6, 6.07) is 14.6. The average Bonchev–Trinajstić information content (AvgIpc) is 3.24. The minimum Gasteiger partial charge on any atom is -0.378 e. The predicted molar refractivity (Wildman–Crippen MR) is 103 cm³/mol. The van der Waals surface area contributed by atoms with Crippen molar-refractivity contribution in [2.45, 2.75) is 0 Å². The molecule has 4 aromatic rings. The van der Waals surface area contributed by atoms with E-state index in [0.717, 1.165) is 33.8 Å². The van der Waals surface area contributed by atoms with Crippen LogP contribution >= 0.6 is 11.3 Å². The lowest BCUT2D eigenvalue weighted by Gasteiger charge is -2.14. The van der Waals surface area contributed by atoms with Gasteiger partial charge in [-0.1, -0.05) is 6.07 Å². The molecule has 0 spiro atoms. The summed E-state index contributed by atoms with van der Waals surface area (Å²) in [5.74, 6) is 0.862. The number of pyridine rings is 1. The molecule has 0 unspecified atom stereocenters. The molecule has 5 heteroatoms. The normalized spacial score (nSPS) is 10.9. The number of anilines is 3. The highest BCUT2D eigenvalue weighted by Crippen LogP contribution is 2.31. The van der Waals surface area contributed by atoms with Crippen molar-refractivity contribution < 1.29 is 0 Å². The molecule has 120 valence electrons. The van der Waals surface area contributed by atoms with E-state index in [-0.39, 0.29) is 0 Å². The van der Waals surface area contributed by atoms with Gasteiger partial charge in [-0.15, -0.1) is 0 Å². The van der Waals surface area contributed by atoms with E-state index < -0.39 is 0 Å². The highest BCUT2D eigenvalue weighted by Gasteiger charge is 2.09. The molecule has 3 heterocycles. The van der Waals surface area contributed by atoms with E-state index in [2.05, 4.69) is 61.3 Å². The van der Waals surface area contributed by atoms with E-state index in [1.165, 1.54) is 5.56 Å². The molecule has 0 fully saturated rings. The highest BCUT2D eigenvalue weighted by atomic mass is 32.1. The number of hydrogen-bond acceptors (Lipinski definition) is 4. The second kappa shape index (κ2) is 6.02. The monoisotopic (exact) mass is 334 g/mol. The van der Waals surface area contributed by atoms with Gasteiger partial charge in [0.05, 0.1) is 5.52 Å². The smallest absolute Gasteiger partial charge is 0.139 e. The van der Waals surface area contributed by atoms with E-state index >= 15 is 0 Å². The predicted octanol–water partition coefficient (Wildman–Crippen LogP) is 5.10. The van der Waals surface area contributed by atoms with Crippen LogP contribution in [0.3, 0.4) is 0 Å². The van der Waals surface area contributed by atoms with Crippen molar-refractivity contribution in [1.29, 1.82) is 0 Å². The third-order valence-corrected chi connectivity index (χ3v) is 4.69. The fourth-order valence-electron chi connectivity index (χ4n) is 2.73. The van der Waals surface area contributed by atoms with Crippen LogP contribution in [0.1, 0.15) is 0 Å². The first-order chi connectivity index (χ1) is 11.7. The summed E-state index contributed by atoms with van der Waals surface area (Å²) >= 11 is 1.70. The van der Waals surface area contributed by atoms with Gasteiger partial charge in [0.25, 0.3) is 0 Å². The van der Waals surface area contributed by atoms with E-state index in [9.17, 15) is 0 Å². The number of benzene rings is 1. The standard InChI is InChI=1S/C19H18N4S/c1-23(2)15-5-3-4-14(10-15)21-19-16-11-18(13-7-9-24-12-13)22-17(16)6-8-20-19/h3-12,22H,1-2H3,(H,20,21). The minimum absolute atomic E-state index is 0.862. The SMILES string of the molecule is CN(C)c1cccc(Nc2nccc3[nH]c(-c4ccsc4)cc23)c1. The van der Waals surface area contributed by atoms with Crippen molar-refractivity contribution in [3.05, 3.63) is 59.4 Å². The molecule has 1 aromatic carbocycles. The van der Waals surface area contributed by atoms with Crippen LogP contribution in [0.15, 0.2) is 59.4 Å². The number of fused-ring (bicyclic) bond motifs is 1. The number of nitrogens with one attached hydrogen (secondary N) is 2. The van der Waals surface area contributed by atoms with Gasteiger partial charge in [-0.2, -0.15) is 11.3 Å². The summed E-state index contributed by atoms with van der Waals surface area (Å²) in [4.78, 5) is 10.1. The molecule has 0 bridgehead atoms. The Morgan fingerprint density at radius 2 is 2.04 bits per heavy atom. The molecule has 4 nitrogen and oxygen atoms in total. The maximum atomic E-state index is 4.53. The molecule has 0 amide bonds. The first-order valence-electron chi connectivity index (χ1n) is 7.75. The van der Waals surface area contributed by atoms with Gasteiger partial charge in [-0.25, -0.2) is 4.98 Å². The maximum Gasteiger partial charge on any atom is 0.139 e. The van der Waals surface area contributed by atoms with Crippen molar-refractivity contribution in [3.8, 4) is 11.3 Å². The van der Waals surface area contributed by atoms with Crippen molar-refractivity contribution in [1.82, 2.24) is 9.97 Å². The van der Waals surface area contributed by atoms with Crippen LogP contribution in [-0.4, -0.2) is 24.1 Å². The number of hydrogen-bond donors (Lipinski definition) is 2. The molecule has 0 aliphatic heterocycles. The van der Waals surface area contributed by atoms with Crippen LogP contribution in [-0.2, 0) is 0 Å². The van der Waals surface area contributed by atoms with Crippen LogP contribution in [0.5, 0.6) is 0 Å². The summed E-state index contributed by atoms with van der Waals surface area (Å²) in [7, 11) is 4.08. The third kappa shape index (κ3) is 2.74. The van der Waals surface area contributed by atoms with Gasteiger partial charge in [0.2, 0.25) is 0 Å². The summed E-state index contributed by atoms with van der Waals surface area (Å²) in [5, 5.41) is 8.77. The van der Waals surface area contributed by atoms with E-state index in [1.807, 2.05) is 32.4 Å². The van der Waals surface area contributed by atoms with E-state index in [1.54, 1.807) is 11.3 Å². The maximum absolute atomic E-state index is 4.53. The fraction of sp³-hybridized carbons (Fsp3) is 0.105.